The maximum absolute atomic E-state index is 5.67. The predicted molar refractivity (Wildman–Crippen MR) is 301 cm³/mol. The Balaban J connectivity index is 0.909. The zero-order valence-electron chi connectivity index (χ0n) is 38.8. The predicted octanol–water partition coefficient (Wildman–Crippen LogP) is 17.9. The molecule has 2 aliphatic rings. The van der Waals surface area contributed by atoms with E-state index in [9.17, 15) is 0 Å². The quantitative estimate of drug-likeness (QED) is 0.165. The van der Waals surface area contributed by atoms with Crippen LogP contribution >= 0.6 is 11.3 Å². The fraction of sp³-hybridized carbons (Fsp3) is 0.0147. The van der Waals surface area contributed by atoms with E-state index in [-0.39, 0.29) is 0 Å². The van der Waals surface area contributed by atoms with E-state index < -0.39 is 5.41 Å². The molecule has 332 valence electrons. The summed E-state index contributed by atoms with van der Waals surface area (Å²) in [4.78, 5) is 16.2. The van der Waals surface area contributed by atoms with Crippen molar-refractivity contribution in [3.05, 3.63) is 259 Å². The fourth-order valence-electron chi connectivity index (χ4n) is 12.5. The molecule has 4 heterocycles. The van der Waals surface area contributed by atoms with Gasteiger partial charge in [-0.25, -0.2) is 15.0 Å². The lowest BCUT2D eigenvalue weighted by atomic mass is 9.70. The first-order valence-corrected chi connectivity index (χ1v) is 25.5. The second kappa shape index (κ2) is 15.0. The van der Waals surface area contributed by atoms with Gasteiger partial charge in [-0.05, 0) is 86.5 Å². The summed E-state index contributed by atoms with van der Waals surface area (Å²) in [5.74, 6) is 0. The van der Waals surface area contributed by atoms with Gasteiger partial charge in [0.05, 0.1) is 39.0 Å². The average Bonchev–Trinajstić information content (AvgIpc) is 4.09. The largest absolute Gasteiger partial charge is 0.247 e. The van der Waals surface area contributed by atoms with Crippen LogP contribution in [0.25, 0.3) is 131 Å². The number of para-hydroxylation sites is 1. The molecule has 0 saturated carbocycles. The highest BCUT2D eigenvalue weighted by Crippen LogP contribution is 2.63. The summed E-state index contributed by atoms with van der Waals surface area (Å²) in [6, 6.07) is 86.6. The van der Waals surface area contributed by atoms with E-state index in [2.05, 4.69) is 231 Å². The van der Waals surface area contributed by atoms with Crippen molar-refractivity contribution in [3.8, 4) is 67.2 Å². The van der Waals surface area contributed by atoms with Crippen molar-refractivity contribution in [2.45, 2.75) is 5.41 Å². The molecule has 0 aliphatic heterocycles. The molecule has 0 saturated heterocycles. The maximum Gasteiger partial charge on any atom is 0.0972 e. The third kappa shape index (κ3) is 5.47. The van der Waals surface area contributed by atoms with E-state index in [1.54, 1.807) is 0 Å². The van der Waals surface area contributed by atoms with E-state index in [1.807, 2.05) is 17.4 Å². The average molecular weight is 930 g/mol. The molecule has 0 atom stereocenters. The van der Waals surface area contributed by atoms with Crippen LogP contribution < -0.4 is 0 Å². The highest BCUT2D eigenvalue weighted by atomic mass is 32.1. The Morgan fingerprint density at radius 2 is 0.833 bits per heavy atom. The van der Waals surface area contributed by atoms with Gasteiger partial charge in [-0.1, -0.05) is 200 Å². The van der Waals surface area contributed by atoms with Crippen molar-refractivity contribution in [1.29, 1.82) is 0 Å². The van der Waals surface area contributed by atoms with Crippen molar-refractivity contribution in [3.63, 3.8) is 0 Å². The molecule has 3 nitrogen and oxygen atoms in total. The highest BCUT2D eigenvalue weighted by Gasteiger charge is 2.51. The molecule has 16 rings (SSSR count). The molecule has 0 amide bonds. The summed E-state index contributed by atoms with van der Waals surface area (Å²) >= 11 is 1.88. The fourth-order valence-corrected chi connectivity index (χ4v) is 13.8. The van der Waals surface area contributed by atoms with Gasteiger partial charge in [0.25, 0.3) is 0 Å². The topological polar surface area (TPSA) is 38.7 Å². The molecule has 0 bridgehead atoms. The number of thiophene rings is 1. The Hall–Kier alpha value is -9.09. The Morgan fingerprint density at radius 3 is 1.50 bits per heavy atom. The molecule has 72 heavy (non-hydrogen) atoms. The number of hydrogen-bond donors (Lipinski definition) is 0. The molecular weight excluding hydrogens is 891 g/mol. The second-order valence-corrected chi connectivity index (χ2v) is 20.4. The van der Waals surface area contributed by atoms with Crippen LogP contribution in [-0.2, 0) is 5.41 Å². The number of benzene rings is 10. The van der Waals surface area contributed by atoms with Gasteiger partial charge in [0.2, 0.25) is 0 Å². The van der Waals surface area contributed by atoms with Crippen LogP contribution in [-0.4, -0.2) is 15.0 Å². The third-order valence-corrected chi connectivity index (χ3v) is 16.9. The third-order valence-electron chi connectivity index (χ3n) is 15.7. The number of aromatic nitrogens is 3. The van der Waals surface area contributed by atoms with E-state index in [4.69, 9.17) is 15.0 Å². The van der Waals surface area contributed by atoms with Crippen LogP contribution in [0.15, 0.2) is 237 Å². The van der Waals surface area contributed by atoms with Crippen molar-refractivity contribution in [2.75, 3.05) is 0 Å². The van der Waals surface area contributed by atoms with E-state index in [1.165, 1.54) is 75.6 Å². The Kier molecular flexibility index (Phi) is 8.25. The summed E-state index contributed by atoms with van der Waals surface area (Å²) < 4.78 is 2.55. The standard InChI is InChI=1S/C68H39N3S/c1-2-14-41(15-3-1)58-36-33-43-30-31-44-34-37-59(70-66(44)65(43)69-58)42-28-26-40(27-29-42)52-39-53-62(63-51-20-8-13-25-61(51)72-67(52)63)50-19-7-12-24-60(50)71-64(53)45-32-35-49-48-18-6-11-23-56(48)68(57(49)38-45)54-21-9-4-16-46(54)47-17-5-10-22-55(47)68/h1-39H. The normalized spacial score (nSPS) is 13.1. The molecule has 0 N–H and O–H groups in total. The van der Waals surface area contributed by atoms with Crippen molar-refractivity contribution < 1.29 is 0 Å². The van der Waals surface area contributed by atoms with Crippen molar-refractivity contribution in [2.24, 2.45) is 0 Å². The van der Waals surface area contributed by atoms with Gasteiger partial charge in [-0.15, -0.1) is 11.3 Å². The van der Waals surface area contributed by atoms with Gasteiger partial charge in [-0.3, -0.25) is 0 Å². The molecule has 1 spiro atoms. The summed E-state index contributed by atoms with van der Waals surface area (Å²) in [5, 5.41) is 8.24. The lowest BCUT2D eigenvalue weighted by Crippen LogP contribution is -2.25. The molecule has 0 fully saturated rings. The SMILES string of the molecule is c1ccc(-c2ccc3ccc4ccc(-c5ccc(-c6cc7c(-c8ccc9c(c8)C8(c%10ccccc%10-c%10ccccc%108)c8ccccc8-9)nc8ccccc8c7c7c6sc6ccccc67)cc5)nc4c3n2)cc1. The molecule has 0 radical (unpaired) electrons. The van der Waals surface area contributed by atoms with Crippen LogP contribution in [0.5, 0.6) is 0 Å². The number of fused-ring (bicyclic) bond motifs is 20. The Morgan fingerprint density at radius 1 is 0.319 bits per heavy atom. The number of pyridine rings is 3. The minimum Gasteiger partial charge on any atom is -0.247 e. The molecule has 0 unspecified atom stereocenters. The first-order chi connectivity index (χ1) is 35.7. The summed E-state index contributed by atoms with van der Waals surface area (Å²) in [5.41, 5.74) is 21.3. The van der Waals surface area contributed by atoms with Crippen LogP contribution in [0.1, 0.15) is 22.3 Å². The summed E-state index contributed by atoms with van der Waals surface area (Å²) in [7, 11) is 0. The first-order valence-electron chi connectivity index (χ1n) is 24.7. The zero-order chi connectivity index (χ0) is 47.1. The highest BCUT2D eigenvalue weighted by molar-refractivity contribution is 7.26. The number of hydrogen-bond acceptors (Lipinski definition) is 4. The van der Waals surface area contributed by atoms with Crippen LogP contribution in [0, 0.1) is 0 Å². The first kappa shape index (κ1) is 39.7. The van der Waals surface area contributed by atoms with Crippen molar-refractivity contribution >= 4 is 75.0 Å². The molecule has 4 heteroatoms. The Labute approximate surface area is 419 Å². The summed E-state index contributed by atoms with van der Waals surface area (Å²) in [6.45, 7) is 0. The number of nitrogens with zero attached hydrogens (tertiary/aromatic N) is 3. The van der Waals surface area contributed by atoms with Gasteiger partial charge in [0, 0.05) is 69.4 Å². The zero-order valence-corrected chi connectivity index (χ0v) is 39.6. The molecular formula is C68H39N3S. The van der Waals surface area contributed by atoms with Gasteiger partial charge in [-0.2, -0.15) is 0 Å². The van der Waals surface area contributed by atoms with Gasteiger partial charge < -0.3 is 0 Å². The van der Waals surface area contributed by atoms with Gasteiger partial charge in [0.15, 0.2) is 0 Å². The smallest absolute Gasteiger partial charge is 0.0972 e. The number of rotatable bonds is 4. The maximum atomic E-state index is 5.67. The van der Waals surface area contributed by atoms with Gasteiger partial charge in [0.1, 0.15) is 0 Å². The van der Waals surface area contributed by atoms with Crippen molar-refractivity contribution in [1.82, 2.24) is 15.0 Å². The molecule has 4 aromatic heterocycles. The Bertz CT molecular complexity index is 4560. The minimum atomic E-state index is -0.458. The second-order valence-electron chi connectivity index (χ2n) is 19.3. The van der Waals surface area contributed by atoms with Gasteiger partial charge >= 0.3 is 0 Å². The minimum absolute atomic E-state index is 0.458. The van der Waals surface area contributed by atoms with E-state index in [0.717, 1.165) is 77.4 Å². The molecule has 10 aromatic carbocycles. The lowest BCUT2D eigenvalue weighted by molar-refractivity contribution is 0.794. The molecule has 2 aliphatic carbocycles. The van der Waals surface area contributed by atoms with Crippen LogP contribution in [0.4, 0.5) is 0 Å². The van der Waals surface area contributed by atoms with Crippen LogP contribution in [0.3, 0.4) is 0 Å². The van der Waals surface area contributed by atoms with E-state index >= 15 is 0 Å². The lowest BCUT2D eigenvalue weighted by Gasteiger charge is -2.30. The van der Waals surface area contributed by atoms with E-state index in [0.29, 0.717) is 0 Å². The molecule has 14 aromatic rings. The monoisotopic (exact) mass is 929 g/mol. The summed E-state index contributed by atoms with van der Waals surface area (Å²) in [6.07, 6.45) is 0. The van der Waals surface area contributed by atoms with Crippen LogP contribution in [0.2, 0.25) is 0 Å².